The fraction of sp³-hybridized carbons (Fsp3) is 0.433. The van der Waals surface area contributed by atoms with Gasteiger partial charge in [-0.05, 0) is 36.6 Å². The molecular weight excluding hydrogens is 482 g/mol. The second-order valence-electron chi connectivity index (χ2n) is 9.91. The third-order valence-corrected chi connectivity index (χ3v) is 7.71. The smallest absolute Gasteiger partial charge is 0.229 e. The lowest BCUT2D eigenvalue weighted by atomic mass is 10.0. The summed E-state index contributed by atoms with van der Waals surface area (Å²) in [4.78, 5) is 35.3. The molecule has 2 heterocycles. The van der Waals surface area contributed by atoms with Gasteiger partial charge in [0.2, 0.25) is 11.8 Å². The van der Waals surface area contributed by atoms with E-state index in [1.165, 1.54) is 0 Å². The topological polar surface area (TPSA) is 62.7 Å². The molecule has 1 aromatic heterocycles. The van der Waals surface area contributed by atoms with Gasteiger partial charge in [-0.1, -0.05) is 63.4 Å². The van der Waals surface area contributed by atoms with Gasteiger partial charge in [0.25, 0.3) is 0 Å². The predicted molar refractivity (Wildman–Crippen MR) is 150 cm³/mol. The van der Waals surface area contributed by atoms with Crippen molar-refractivity contribution in [3.05, 3.63) is 65.2 Å². The zero-order valence-corrected chi connectivity index (χ0v) is 22.9. The van der Waals surface area contributed by atoms with Crippen LogP contribution in [-0.2, 0) is 22.6 Å². The van der Waals surface area contributed by atoms with Crippen LogP contribution in [0.5, 0.6) is 5.75 Å². The van der Waals surface area contributed by atoms with E-state index >= 15 is 0 Å². The molecule has 0 saturated carbocycles. The lowest BCUT2D eigenvalue weighted by molar-refractivity contribution is -0.131. The molecule has 0 atom stereocenters. The van der Waals surface area contributed by atoms with E-state index in [2.05, 4.69) is 0 Å². The zero-order valence-electron chi connectivity index (χ0n) is 22.1. The van der Waals surface area contributed by atoms with E-state index in [4.69, 9.17) is 9.72 Å². The molecule has 7 heteroatoms. The van der Waals surface area contributed by atoms with E-state index in [9.17, 15) is 9.59 Å². The second-order valence-corrected chi connectivity index (χ2v) is 10.8. The molecule has 2 amide bonds. The largest absolute Gasteiger partial charge is 0.497 e. The minimum absolute atomic E-state index is 0.0658. The average Bonchev–Trinajstić information content (AvgIpc) is 3.37. The van der Waals surface area contributed by atoms with Crippen molar-refractivity contribution in [3.63, 3.8) is 0 Å². The Morgan fingerprint density at radius 2 is 1.76 bits per heavy atom. The number of ether oxygens (including phenoxy) is 1. The third-order valence-electron chi connectivity index (χ3n) is 6.77. The Morgan fingerprint density at radius 3 is 2.54 bits per heavy atom. The summed E-state index contributed by atoms with van der Waals surface area (Å²) < 4.78 is 5.34. The lowest BCUT2D eigenvalue weighted by Crippen LogP contribution is -2.38. The van der Waals surface area contributed by atoms with Crippen molar-refractivity contribution in [1.82, 2.24) is 9.88 Å². The number of aromatic nitrogens is 1. The molecule has 0 fully saturated rings. The molecule has 37 heavy (non-hydrogen) atoms. The van der Waals surface area contributed by atoms with Gasteiger partial charge >= 0.3 is 0 Å². The van der Waals surface area contributed by atoms with Crippen LogP contribution in [-0.4, -0.2) is 41.9 Å². The SMILES string of the molecule is COc1cccc(-c2nc(CC(=O)N3CCCCCCCN(C(=O)C(C)C)c4ccccc4C3)cs2)c1. The number of anilines is 1. The molecule has 196 valence electrons. The second kappa shape index (κ2) is 12.9. The summed E-state index contributed by atoms with van der Waals surface area (Å²) >= 11 is 1.54. The first kappa shape index (κ1) is 26.9. The number of thiazole rings is 1. The maximum atomic E-state index is 13.6. The van der Waals surface area contributed by atoms with Crippen molar-refractivity contribution in [3.8, 4) is 16.3 Å². The highest BCUT2D eigenvalue weighted by atomic mass is 32.1. The normalized spacial score (nSPS) is 15.0. The van der Waals surface area contributed by atoms with Gasteiger partial charge in [0.05, 0.1) is 19.2 Å². The predicted octanol–water partition coefficient (Wildman–Crippen LogP) is 6.34. The molecule has 1 aliphatic rings. The van der Waals surface area contributed by atoms with Crippen LogP contribution in [0.2, 0.25) is 0 Å². The summed E-state index contributed by atoms with van der Waals surface area (Å²) in [6, 6.07) is 15.9. The molecule has 0 bridgehead atoms. The fourth-order valence-electron chi connectivity index (χ4n) is 4.71. The minimum atomic E-state index is -0.0814. The van der Waals surface area contributed by atoms with Crippen LogP contribution in [0.3, 0.4) is 0 Å². The van der Waals surface area contributed by atoms with E-state index in [1.807, 2.05) is 77.6 Å². The lowest BCUT2D eigenvalue weighted by Gasteiger charge is -2.30. The summed E-state index contributed by atoms with van der Waals surface area (Å²) in [6.45, 7) is 5.81. The first-order valence-corrected chi connectivity index (χ1v) is 14.1. The van der Waals surface area contributed by atoms with Crippen LogP contribution in [0.4, 0.5) is 5.69 Å². The number of hydrogen-bond donors (Lipinski definition) is 0. The van der Waals surface area contributed by atoms with Crippen LogP contribution in [0, 0.1) is 5.92 Å². The standard InChI is InChI=1S/C30H37N3O3S/c1-22(2)30(35)33-17-10-6-4-5-9-16-32(20-24-12-7-8-15-27(24)33)28(34)19-25-21-37-29(31-25)23-13-11-14-26(18-23)36-3/h7-8,11-15,18,21-22H,4-6,9-10,16-17,19-20H2,1-3H3. The van der Waals surface area contributed by atoms with Crippen molar-refractivity contribution >= 4 is 28.8 Å². The van der Waals surface area contributed by atoms with Crippen molar-refractivity contribution in [2.75, 3.05) is 25.1 Å². The molecule has 1 aliphatic heterocycles. The van der Waals surface area contributed by atoms with Gasteiger partial charge in [-0.25, -0.2) is 4.98 Å². The van der Waals surface area contributed by atoms with Gasteiger partial charge in [0.15, 0.2) is 0 Å². The molecule has 0 aliphatic carbocycles. The molecule has 0 unspecified atom stereocenters. The molecule has 0 saturated heterocycles. The Morgan fingerprint density at radius 1 is 1.00 bits per heavy atom. The van der Waals surface area contributed by atoms with Crippen LogP contribution in [0.1, 0.15) is 57.2 Å². The van der Waals surface area contributed by atoms with E-state index in [0.29, 0.717) is 19.6 Å². The first-order chi connectivity index (χ1) is 18.0. The minimum Gasteiger partial charge on any atom is -0.497 e. The number of methoxy groups -OCH3 is 1. The first-order valence-electron chi connectivity index (χ1n) is 13.2. The van der Waals surface area contributed by atoms with Crippen molar-refractivity contribution < 1.29 is 14.3 Å². The third kappa shape index (κ3) is 6.98. The number of benzene rings is 2. The molecule has 6 nitrogen and oxygen atoms in total. The van der Waals surface area contributed by atoms with Gasteiger partial charge in [-0.3, -0.25) is 9.59 Å². The molecule has 0 radical (unpaired) electrons. The number of carbonyl (C=O) groups excluding carboxylic acids is 2. The Bertz CT molecular complexity index is 1210. The summed E-state index contributed by atoms with van der Waals surface area (Å²) in [6.07, 6.45) is 5.52. The zero-order chi connectivity index (χ0) is 26.2. The number of hydrogen-bond acceptors (Lipinski definition) is 5. The summed E-state index contributed by atoms with van der Waals surface area (Å²) in [5, 5.41) is 2.85. The summed E-state index contributed by atoms with van der Waals surface area (Å²) in [7, 11) is 1.65. The van der Waals surface area contributed by atoms with Crippen molar-refractivity contribution in [2.24, 2.45) is 5.92 Å². The molecule has 0 spiro atoms. The maximum absolute atomic E-state index is 13.6. The molecule has 3 aromatic rings. The Hall–Kier alpha value is -3.19. The van der Waals surface area contributed by atoms with E-state index in [0.717, 1.165) is 65.4 Å². The van der Waals surface area contributed by atoms with Crippen LogP contribution in [0.15, 0.2) is 53.9 Å². The van der Waals surface area contributed by atoms with Gasteiger partial charge in [0, 0.05) is 42.2 Å². The monoisotopic (exact) mass is 519 g/mol. The van der Waals surface area contributed by atoms with Crippen LogP contribution < -0.4 is 9.64 Å². The number of fused-ring (bicyclic) bond motifs is 1. The van der Waals surface area contributed by atoms with Crippen LogP contribution in [0.25, 0.3) is 10.6 Å². The highest BCUT2D eigenvalue weighted by molar-refractivity contribution is 7.13. The van der Waals surface area contributed by atoms with Gasteiger partial charge in [0.1, 0.15) is 10.8 Å². The van der Waals surface area contributed by atoms with Gasteiger partial charge in [-0.15, -0.1) is 11.3 Å². The summed E-state index contributed by atoms with van der Waals surface area (Å²) in [5.41, 5.74) is 3.70. The Kier molecular flexibility index (Phi) is 9.34. The fourth-order valence-corrected chi connectivity index (χ4v) is 5.53. The Balaban J connectivity index is 1.55. The average molecular weight is 520 g/mol. The van der Waals surface area contributed by atoms with Crippen molar-refractivity contribution in [2.45, 2.75) is 58.9 Å². The number of para-hydroxylation sites is 1. The van der Waals surface area contributed by atoms with Gasteiger partial charge in [-0.2, -0.15) is 0 Å². The number of nitrogens with zero attached hydrogens (tertiary/aromatic N) is 3. The number of carbonyl (C=O) groups is 2. The number of rotatable bonds is 5. The highest BCUT2D eigenvalue weighted by Crippen LogP contribution is 2.28. The summed E-state index contributed by atoms with van der Waals surface area (Å²) in [5.74, 6) is 0.904. The van der Waals surface area contributed by atoms with Gasteiger partial charge < -0.3 is 14.5 Å². The molecule has 0 N–H and O–H groups in total. The molecular formula is C30H37N3O3S. The number of amides is 2. The van der Waals surface area contributed by atoms with Crippen molar-refractivity contribution in [1.29, 1.82) is 0 Å². The molecule has 4 rings (SSSR count). The molecule has 2 aromatic carbocycles. The van der Waals surface area contributed by atoms with E-state index in [1.54, 1.807) is 18.4 Å². The maximum Gasteiger partial charge on any atom is 0.229 e. The van der Waals surface area contributed by atoms with E-state index in [-0.39, 0.29) is 24.2 Å². The van der Waals surface area contributed by atoms with Crippen LogP contribution >= 0.6 is 11.3 Å². The van der Waals surface area contributed by atoms with E-state index < -0.39 is 0 Å². The highest BCUT2D eigenvalue weighted by Gasteiger charge is 2.24. The Labute approximate surface area is 224 Å². The quantitative estimate of drug-likeness (QED) is 0.394.